The van der Waals surface area contributed by atoms with E-state index in [1.807, 2.05) is 0 Å². The molecular formula is C7H4Cl2F3NO4S. The van der Waals surface area contributed by atoms with Crippen LogP contribution >= 0.6 is 22.3 Å². The number of aromatic nitrogens is 1. The van der Waals surface area contributed by atoms with E-state index in [4.69, 9.17) is 22.3 Å². The Kier molecular flexibility index (Phi) is 4.19. The average Bonchev–Trinajstić information content (AvgIpc) is 2.17. The molecule has 0 unspecified atom stereocenters. The van der Waals surface area contributed by atoms with Gasteiger partial charge in [-0.25, -0.2) is 8.42 Å². The second-order valence-corrected chi connectivity index (χ2v) is 5.69. The molecule has 0 aliphatic heterocycles. The summed E-state index contributed by atoms with van der Waals surface area (Å²) in [6.07, 6.45) is -5.03. The quantitative estimate of drug-likeness (QED) is 0.799. The monoisotopic (exact) mass is 325 g/mol. The van der Waals surface area contributed by atoms with E-state index < -0.39 is 37.1 Å². The smallest absolute Gasteiger partial charge is 0.478 e. The maximum Gasteiger partial charge on any atom is 0.573 e. The zero-order valence-electron chi connectivity index (χ0n) is 8.46. The van der Waals surface area contributed by atoms with Crippen LogP contribution in [0.5, 0.6) is 11.6 Å². The molecule has 11 heteroatoms. The summed E-state index contributed by atoms with van der Waals surface area (Å²) in [5.41, 5.74) is 0. The zero-order chi connectivity index (χ0) is 14.1. The van der Waals surface area contributed by atoms with E-state index in [1.165, 1.54) is 0 Å². The fourth-order valence-corrected chi connectivity index (χ4v) is 1.91. The average molecular weight is 326 g/mol. The Morgan fingerprint density at radius 2 is 1.94 bits per heavy atom. The Bertz CT molecular complexity index is 561. The van der Waals surface area contributed by atoms with Crippen LogP contribution in [0, 0.1) is 0 Å². The highest BCUT2D eigenvalue weighted by atomic mass is 35.7. The summed E-state index contributed by atoms with van der Waals surface area (Å²) in [4.78, 5) is 3.26. The molecule has 1 rings (SSSR count). The van der Waals surface area contributed by atoms with Gasteiger partial charge in [0.2, 0.25) is 5.75 Å². The topological polar surface area (TPSA) is 65.5 Å². The normalized spacial score (nSPS) is 12.3. The van der Waals surface area contributed by atoms with Crippen LogP contribution < -0.4 is 9.47 Å². The van der Waals surface area contributed by atoms with Crippen LogP contribution in [0.3, 0.4) is 0 Å². The molecule has 102 valence electrons. The molecule has 0 aliphatic carbocycles. The number of ether oxygens (including phenoxy) is 2. The lowest BCUT2D eigenvalue weighted by Gasteiger charge is -2.13. The molecule has 0 fully saturated rings. The van der Waals surface area contributed by atoms with Gasteiger partial charge in [0.05, 0.1) is 12.1 Å². The molecule has 0 amide bonds. The van der Waals surface area contributed by atoms with Crippen molar-refractivity contribution >= 4 is 31.3 Å². The number of halogens is 5. The summed E-state index contributed by atoms with van der Waals surface area (Å²) < 4.78 is 66.2. The van der Waals surface area contributed by atoms with Crippen LogP contribution in [0.15, 0.2) is 11.1 Å². The molecule has 18 heavy (non-hydrogen) atoms. The zero-order valence-corrected chi connectivity index (χ0v) is 10.8. The van der Waals surface area contributed by atoms with Gasteiger partial charge in [0.25, 0.3) is 14.9 Å². The Hall–Kier alpha value is -0.930. The SMILES string of the molecule is COc1nc(S(=O)(=O)Cl)cc(Cl)c1OC(F)(F)F. The molecule has 0 radical (unpaired) electrons. The van der Waals surface area contributed by atoms with Crippen LogP contribution in [0.1, 0.15) is 0 Å². The molecule has 5 nitrogen and oxygen atoms in total. The van der Waals surface area contributed by atoms with Crippen LogP contribution in [-0.2, 0) is 9.05 Å². The standard InChI is InChI=1S/C7H4Cl2F3NO4S/c1-16-6-5(17-7(10,11)12)3(8)2-4(13-6)18(9,14)15/h2H,1H3. The number of hydrogen-bond donors (Lipinski definition) is 0. The van der Waals surface area contributed by atoms with E-state index in [-0.39, 0.29) is 0 Å². The Labute approximate surface area is 109 Å². The van der Waals surface area contributed by atoms with Gasteiger partial charge in [-0.15, -0.1) is 13.2 Å². The van der Waals surface area contributed by atoms with Crippen LogP contribution in [0.25, 0.3) is 0 Å². The second kappa shape index (κ2) is 4.98. The van der Waals surface area contributed by atoms with E-state index in [9.17, 15) is 21.6 Å². The molecule has 0 aromatic carbocycles. The first-order valence-electron chi connectivity index (χ1n) is 3.99. The van der Waals surface area contributed by atoms with Crippen LogP contribution in [0.2, 0.25) is 5.02 Å². The highest BCUT2D eigenvalue weighted by Gasteiger charge is 2.35. The maximum absolute atomic E-state index is 12.1. The molecule has 0 bridgehead atoms. The van der Waals surface area contributed by atoms with E-state index in [2.05, 4.69) is 14.5 Å². The third-order valence-corrected chi connectivity index (χ3v) is 3.00. The Morgan fingerprint density at radius 1 is 1.39 bits per heavy atom. The molecule has 1 aromatic heterocycles. The highest BCUT2D eigenvalue weighted by Crippen LogP contribution is 2.38. The molecule has 1 heterocycles. The number of hydrogen-bond acceptors (Lipinski definition) is 5. The first kappa shape index (κ1) is 15.1. The third kappa shape index (κ3) is 3.79. The minimum Gasteiger partial charge on any atom is -0.478 e. The van der Waals surface area contributed by atoms with Crippen molar-refractivity contribution in [2.75, 3.05) is 7.11 Å². The predicted octanol–water partition coefficient (Wildman–Crippen LogP) is 2.57. The largest absolute Gasteiger partial charge is 0.573 e. The summed E-state index contributed by atoms with van der Waals surface area (Å²) >= 11 is 5.46. The molecule has 0 saturated heterocycles. The van der Waals surface area contributed by atoms with Crippen molar-refractivity contribution in [2.45, 2.75) is 11.4 Å². The molecular weight excluding hydrogens is 322 g/mol. The van der Waals surface area contributed by atoms with Crippen molar-refractivity contribution in [3.8, 4) is 11.6 Å². The second-order valence-electron chi connectivity index (χ2n) is 2.77. The van der Waals surface area contributed by atoms with Gasteiger partial charge < -0.3 is 9.47 Å². The predicted molar refractivity (Wildman–Crippen MR) is 55.5 cm³/mol. The lowest BCUT2D eigenvalue weighted by atomic mass is 10.4. The molecule has 0 atom stereocenters. The summed E-state index contributed by atoms with van der Waals surface area (Å²) in [6.45, 7) is 0. The van der Waals surface area contributed by atoms with Gasteiger partial charge in [-0.2, -0.15) is 4.98 Å². The number of nitrogens with zero attached hydrogens (tertiary/aromatic N) is 1. The number of alkyl halides is 3. The lowest BCUT2D eigenvalue weighted by molar-refractivity contribution is -0.275. The van der Waals surface area contributed by atoms with E-state index in [1.54, 1.807) is 0 Å². The van der Waals surface area contributed by atoms with E-state index in [0.29, 0.717) is 6.07 Å². The van der Waals surface area contributed by atoms with Crippen molar-refractivity contribution in [2.24, 2.45) is 0 Å². The Balaban J connectivity index is 3.38. The Morgan fingerprint density at radius 3 is 2.33 bits per heavy atom. The molecule has 0 aliphatic rings. The number of rotatable bonds is 3. The van der Waals surface area contributed by atoms with Crippen LogP contribution in [-0.4, -0.2) is 26.9 Å². The molecule has 0 spiro atoms. The van der Waals surface area contributed by atoms with E-state index >= 15 is 0 Å². The van der Waals surface area contributed by atoms with Crippen molar-refractivity contribution < 1.29 is 31.1 Å². The van der Waals surface area contributed by atoms with Gasteiger partial charge >= 0.3 is 6.36 Å². The minimum atomic E-state index is -5.03. The first-order chi connectivity index (χ1) is 8.04. The lowest BCUT2D eigenvalue weighted by Crippen LogP contribution is -2.18. The minimum absolute atomic E-state index is 0.619. The fraction of sp³-hybridized carbons (Fsp3) is 0.286. The van der Waals surface area contributed by atoms with Crippen molar-refractivity contribution in [3.63, 3.8) is 0 Å². The molecule has 1 aromatic rings. The van der Waals surface area contributed by atoms with Gasteiger partial charge in [0, 0.05) is 10.7 Å². The first-order valence-corrected chi connectivity index (χ1v) is 6.68. The van der Waals surface area contributed by atoms with Crippen molar-refractivity contribution in [1.82, 2.24) is 4.98 Å². The summed E-state index contributed by atoms with van der Waals surface area (Å²) in [5, 5.41) is -1.40. The maximum atomic E-state index is 12.1. The van der Waals surface area contributed by atoms with Gasteiger partial charge in [0.1, 0.15) is 0 Å². The summed E-state index contributed by atoms with van der Waals surface area (Å²) in [5.74, 6) is -1.70. The van der Waals surface area contributed by atoms with Gasteiger partial charge in [-0.3, -0.25) is 0 Å². The summed E-state index contributed by atoms with van der Waals surface area (Å²) in [7, 11) is 1.68. The highest BCUT2D eigenvalue weighted by molar-refractivity contribution is 8.13. The van der Waals surface area contributed by atoms with Crippen molar-refractivity contribution in [3.05, 3.63) is 11.1 Å². The van der Waals surface area contributed by atoms with E-state index in [0.717, 1.165) is 7.11 Å². The van der Waals surface area contributed by atoms with Gasteiger partial charge in [-0.1, -0.05) is 11.6 Å². The molecule has 0 saturated carbocycles. The van der Waals surface area contributed by atoms with Crippen LogP contribution in [0.4, 0.5) is 13.2 Å². The number of pyridine rings is 1. The fourth-order valence-electron chi connectivity index (χ4n) is 0.931. The van der Waals surface area contributed by atoms with Crippen molar-refractivity contribution in [1.29, 1.82) is 0 Å². The number of methoxy groups -OCH3 is 1. The third-order valence-electron chi connectivity index (χ3n) is 1.53. The van der Waals surface area contributed by atoms with Gasteiger partial charge in [0.15, 0.2) is 5.03 Å². The molecule has 0 N–H and O–H groups in total. The van der Waals surface area contributed by atoms with Gasteiger partial charge in [-0.05, 0) is 6.07 Å². The summed E-state index contributed by atoms with van der Waals surface area (Å²) in [6, 6.07) is 0.619.